The molecule has 0 saturated heterocycles. The van der Waals surface area contributed by atoms with Gasteiger partial charge in [-0.1, -0.05) is 60.2 Å². The van der Waals surface area contributed by atoms with E-state index in [4.69, 9.17) is 0 Å². The van der Waals surface area contributed by atoms with E-state index < -0.39 is 5.92 Å². The molecule has 0 aromatic heterocycles. The molecule has 0 fully saturated rings. The Morgan fingerprint density at radius 2 is 1.24 bits per heavy atom. The predicted molar refractivity (Wildman–Crippen MR) is 84.3 cm³/mol. The van der Waals surface area contributed by atoms with E-state index in [9.17, 15) is 9.59 Å². The molecule has 0 radical (unpaired) electrons. The van der Waals surface area contributed by atoms with Crippen LogP contribution in [0.3, 0.4) is 0 Å². The van der Waals surface area contributed by atoms with E-state index in [2.05, 4.69) is 0 Å². The third-order valence-corrected chi connectivity index (χ3v) is 3.80. The van der Waals surface area contributed by atoms with Gasteiger partial charge in [0, 0.05) is 5.92 Å². The van der Waals surface area contributed by atoms with Gasteiger partial charge in [-0.15, -0.1) is 0 Å². The van der Waals surface area contributed by atoms with E-state index in [0.717, 1.165) is 16.7 Å². The molecular formula is C19H20O2. The first-order chi connectivity index (χ1) is 10.0. The van der Waals surface area contributed by atoms with Crippen LogP contribution in [0.25, 0.3) is 0 Å². The van der Waals surface area contributed by atoms with Crippen molar-refractivity contribution < 1.29 is 9.59 Å². The normalized spacial score (nSPS) is 12.2. The molecule has 0 aliphatic heterocycles. The second-order valence-electron chi connectivity index (χ2n) is 5.50. The van der Waals surface area contributed by atoms with Crippen molar-refractivity contribution in [1.82, 2.24) is 0 Å². The molecule has 2 rings (SSSR count). The third-order valence-electron chi connectivity index (χ3n) is 3.80. The van der Waals surface area contributed by atoms with Crippen molar-refractivity contribution in [1.29, 1.82) is 0 Å². The highest BCUT2D eigenvalue weighted by Gasteiger charge is 2.32. The quantitative estimate of drug-likeness (QED) is 0.778. The van der Waals surface area contributed by atoms with Gasteiger partial charge in [0.15, 0.2) is 0 Å². The monoisotopic (exact) mass is 280 g/mol. The first kappa shape index (κ1) is 15.2. The van der Waals surface area contributed by atoms with E-state index in [1.54, 1.807) is 0 Å². The van der Waals surface area contributed by atoms with Crippen molar-refractivity contribution >= 4 is 11.6 Å². The number of hydrogen-bond donors (Lipinski definition) is 0. The van der Waals surface area contributed by atoms with Crippen LogP contribution < -0.4 is 0 Å². The summed E-state index contributed by atoms with van der Waals surface area (Å²) in [5.41, 5.74) is 3.16. The number of ketones is 2. The molecule has 0 spiro atoms. The van der Waals surface area contributed by atoms with Gasteiger partial charge in [0.25, 0.3) is 0 Å². The molecule has 0 heterocycles. The van der Waals surface area contributed by atoms with Crippen LogP contribution in [0.5, 0.6) is 0 Å². The fraction of sp³-hybridized carbons (Fsp3) is 0.263. The number of carbonyl (C=O) groups is 2. The summed E-state index contributed by atoms with van der Waals surface area (Å²) >= 11 is 0. The van der Waals surface area contributed by atoms with Crippen LogP contribution in [-0.2, 0) is 9.59 Å². The van der Waals surface area contributed by atoms with Gasteiger partial charge in [-0.3, -0.25) is 9.59 Å². The van der Waals surface area contributed by atoms with Crippen molar-refractivity contribution in [3.63, 3.8) is 0 Å². The van der Waals surface area contributed by atoms with Gasteiger partial charge in [0.05, 0.1) is 5.92 Å². The minimum atomic E-state index is -0.630. The summed E-state index contributed by atoms with van der Waals surface area (Å²) in [5.74, 6) is -1.02. The van der Waals surface area contributed by atoms with Crippen LogP contribution >= 0.6 is 0 Å². The smallest absolute Gasteiger partial charge is 0.141 e. The molecule has 2 nitrogen and oxygen atoms in total. The van der Waals surface area contributed by atoms with Crippen LogP contribution in [0, 0.1) is 12.8 Å². The maximum atomic E-state index is 12.0. The highest BCUT2D eigenvalue weighted by atomic mass is 16.1. The summed E-state index contributed by atoms with van der Waals surface area (Å²) < 4.78 is 0. The average molecular weight is 280 g/mol. The van der Waals surface area contributed by atoms with Crippen molar-refractivity contribution in [3.05, 3.63) is 71.3 Å². The minimum Gasteiger partial charge on any atom is -0.299 e. The summed E-state index contributed by atoms with van der Waals surface area (Å²) in [4.78, 5) is 24.0. The summed E-state index contributed by atoms with van der Waals surface area (Å²) in [6.07, 6.45) is 0. The molecular weight excluding hydrogens is 260 g/mol. The van der Waals surface area contributed by atoms with E-state index in [1.807, 2.05) is 61.5 Å². The van der Waals surface area contributed by atoms with Gasteiger partial charge in [0.1, 0.15) is 11.6 Å². The topological polar surface area (TPSA) is 34.1 Å². The maximum Gasteiger partial charge on any atom is 0.141 e. The molecule has 0 aliphatic rings. The molecule has 2 heteroatoms. The van der Waals surface area contributed by atoms with Gasteiger partial charge in [-0.25, -0.2) is 0 Å². The summed E-state index contributed by atoms with van der Waals surface area (Å²) in [7, 11) is 0. The zero-order valence-corrected chi connectivity index (χ0v) is 12.7. The second kappa shape index (κ2) is 6.49. The molecule has 21 heavy (non-hydrogen) atoms. The number of benzene rings is 2. The first-order valence-corrected chi connectivity index (χ1v) is 7.13. The molecule has 0 unspecified atom stereocenters. The minimum absolute atomic E-state index is 0.0862. The lowest BCUT2D eigenvalue weighted by atomic mass is 9.77. The third kappa shape index (κ3) is 3.46. The Labute approximate surface area is 125 Å². The van der Waals surface area contributed by atoms with E-state index in [1.165, 1.54) is 13.8 Å². The lowest BCUT2D eigenvalue weighted by Gasteiger charge is -2.24. The lowest BCUT2D eigenvalue weighted by molar-refractivity contribution is -0.130. The number of rotatable bonds is 5. The summed E-state index contributed by atoms with van der Waals surface area (Å²) in [6.45, 7) is 5.02. The first-order valence-electron chi connectivity index (χ1n) is 7.13. The van der Waals surface area contributed by atoms with Crippen LogP contribution in [0.2, 0.25) is 0 Å². The van der Waals surface area contributed by atoms with Gasteiger partial charge < -0.3 is 0 Å². The zero-order valence-electron chi connectivity index (χ0n) is 12.7. The van der Waals surface area contributed by atoms with Crippen molar-refractivity contribution in [2.24, 2.45) is 5.92 Å². The Balaban J connectivity index is 2.56. The molecule has 108 valence electrons. The molecule has 2 aromatic rings. The van der Waals surface area contributed by atoms with E-state index in [0.29, 0.717) is 0 Å². The second-order valence-corrected chi connectivity index (χ2v) is 5.50. The van der Waals surface area contributed by atoms with Crippen molar-refractivity contribution in [2.45, 2.75) is 26.7 Å². The van der Waals surface area contributed by atoms with E-state index >= 15 is 0 Å². The van der Waals surface area contributed by atoms with Crippen molar-refractivity contribution in [3.8, 4) is 0 Å². The molecule has 0 saturated carbocycles. The lowest BCUT2D eigenvalue weighted by Crippen LogP contribution is -2.27. The highest BCUT2D eigenvalue weighted by molar-refractivity contribution is 6.01. The zero-order chi connectivity index (χ0) is 15.4. The number of Topliss-reactive ketones (excluding diaryl/α,β-unsaturated/α-hetero) is 2. The van der Waals surface area contributed by atoms with Gasteiger partial charge in [-0.2, -0.15) is 0 Å². The number of aryl methyl sites for hydroxylation is 1. The SMILES string of the molecule is CC(=O)C(C(C)=O)[C@H](c1ccccc1)c1ccc(C)cc1. The molecule has 0 N–H and O–H groups in total. The molecule has 2 aromatic carbocycles. The predicted octanol–water partition coefficient (Wildman–Crippen LogP) is 3.92. The molecule has 0 bridgehead atoms. The fourth-order valence-corrected chi connectivity index (χ4v) is 2.77. The molecule has 0 aliphatic carbocycles. The van der Waals surface area contributed by atoms with Gasteiger partial charge in [-0.05, 0) is 31.9 Å². The largest absolute Gasteiger partial charge is 0.299 e. The van der Waals surface area contributed by atoms with Crippen LogP contribution in [-0.4, -0.2) is 11.6 Å². The Morgan fingerprint density at radius 1 is 0.762 bits per heavy atom. The molecule has 1 atom stereocenters. The average Bonchev–Trinajstić information content (AvgIpc) is 2.46. The van der Waals surface area contributed by atoms with Gasteiger partial charge >= 0.3 is 0 Å². The Hall–Kier alpha value is -2.22. The Bertz CT molecular complexity index is 612. The molecule has 0 amide bonds. The van der Waals surface area contributed by atoms with Crippen LogP contribution in [0.1, 0.15) is 36.5 Å². The van der Waals surface area contributed by atoms with Gasteiger partial charge in [0.2, 0.25) is 0 Å². The fourth-order valence-electron chi connectivity index (χ4n) is 2.77. The summed E-state index contributed by atoms with van der Waals surface area (Å²) in [6, 6.07) is 17.8. The standard InChI is InChI=1S/C19H20O2/c1-13-9-11-17(12-10-13)19(16-7-5-4-6-8-16)18(14(2)20)15(3)21/h4-12,18-19H,1-3H3/t19-/m1/s1. The Morgan fingerprint density at radius 3 is 1.71 bits per heavy atom. The number of carbonyl (C=O) groups excluding carboxylic acids is 2. The van der Waals surface area contributed by atoms with Crippen LogP contribution in [0.15, 0.2) is 54.6 Å². The van der Waals surface area contributed by atoms with Crippen LogP contribution in [0.4, 0.5) is 0 Å². The van der Waals surface area contributed by atoms with E-state index in [-0.39, 0.29) is 17.5 Å². The Kier molecular flexibility index (Phi) is 4.69. The number of hydrogen-bond acceptors (Lipinski definition) is 2. The highest BCUT2D eigenvalue weighted by Crippen LogP contribution is 2.33. The van der Waals surface area contributed by atoms with Crippen molar-refractivity contribution in [2.75, 3.05) is 0 Å². The summed E-state index contributed by atoms with van der Waals surface area (Å²) in [5, 5.41) is 0. The maximum absolute atomic E-state index is 12.0.